The first kappa shape index (κ1) is 29.3. The summed E-state index contributed by atoms with van der Waals surface area (Å²) in [6.45, 7) is 4.23. The normalized spacial score (nSPS) is 11.7. The SMILES string of the molecule is CCOc1ccc(-c2cc(-c3ccc4cc(OC)ccc4c3)n(C(C)c3ccc(C(=O)NCCC(=O)O)cc3)n2)cc1F. The molecule has 1 heterocycles. The van der Waals surface area contributed by atoms with Gasteiger partial charge in [-0.25, -0.2) is 4.39 Å². The van der Waals surface area contributed by atoms with Crippen LogP contribution < -0.4 is 14.8 Å². The molecule has 4 aromatic carbocycles. The van der Waals surface area contributed by atoms with Crippen LogP contribution in [0.1, 0.15) is 42.2 Å². The number of rotatable bonds is 11. The third-order valence-electron chi connectivity index (χ3n) is 7.25. The van der Waals surface area contributed by atoms with E-state index >= 15 is 0 Å². The average molecular weight is 582 g/mol. The highest BCUT2D eigenvalue weighted by Crippen LogP contribution is 2.34. The van der Waals surface area contributed by atoms with Crippen LogP contribution in [0.3, 0.4) is 0 Å². The molecule has 43 heavy (non-hydrogen) atoms. The number of aliphatic carboxylic acids is 1. The van der Waals surface area contributed by atoms with E-state index in [-0.39, 0.29) is 30.7 Å². The van der Waals surface area contributed by atoms with E-state index in [0.29, 0.717) is 23.4 Å². The van der Waals surface area contributed by atoms with Gasteiger partial charge in [0.1, 0.15) is 5.75 Å². The Morgan fingerprint density at radius 2 is 1.67 bits per heavy atom. The number of amides is 1. The van der Waals surface area contributed by atoms with Crippen molar-refractivity contribution in [1.82, 2.24) is 15.1 Å². The molecule has 5 rings (SSSR count). The summed E-state index contributed by atoms with van der Waals surface area (Å²) in [5.41, 5.74) is 4.33. The Morgan fingerprint density at radius 3 is 2.37 bits per heavy atom. The smallest absolute Gasteiger partial charge is 0.305 e. The van der Waals surface area contributed by atoms with Crippen molar-refractivity contribution in [3.63, 3.8) is 0 Å². The summed E-state index contributed by atoms with van der Waals surface area (Å²) < 4.78 is 27.4. The van der Waals surface area contributed by atoms with E-state index in [1.807, 2.05) is 60.1 Å². The number of nitrogens with zero attached hydrogens (tertiary/aromatic N) is 2. The minimum Gasteiger partial charge on any atom is -0.497 e. The lowest BCUT2D eigenvalue weighted by Gasteiger charge is -2.17. The number of carboxylic acid groups (broad SMARTS) is 1. The van der Waals surface area contributed by atoms with Gasteiger partial charge in [0.05, 0.1) is 37.6 Å². The topological polar surface area (TPSA) is 103 Å². The van der Waals surface area contributed by atoms with E-state index < -0.39 is 11.8 Å². The highest BCUT2D eigenvalue weighted by molar-refractivity contribution is 5.94. The van der Waals surface area contributed by atoms with Crippen molar-refractivity contribution in [2.45, 2.75) is 26.3 Å². The molecule has 220 valence electrons. The molecule has 0 aliphatic heterocycles. The van der Waals surface area contributed by atoms with Crippen LogP contribution in [0.25, 0.3) is 33.3 Å². The number of carbonyl (C=O) groups excluding carboxylic acids is 1. The molecule has 0 fully saturated rings. The van der Waals surface area contributed by atoms with Gasteiger partial charge in [0, 0.05) is 23.2 Å². The van der Waals surface area contributed by atoms with Gasteiger partial charge in [0.15, 0.2) is 11.6 Å². The third kappa shape index (κ3) is 6.51. The van der Waals surface area contributed by atoms with Crippen molar-refractivity contribution >= 4 is 22.6 Å². The van der Waals surface area contributed by atoms with Gasteiger partial charge in [0.25, 0.3) is 5.91 Å². The van der Waals surface area contributed by atoms with Gasteiger partial charge in [-0.3, -0.25) is 14.3 Å². The Labute approximate surface area is 248 Å². The molecule has 2 N–H and O–H groups in total. The molecular weight excluding hydrogens is 549 g/mol. The average Bonchev–Trinajstić information content (AvgIpc) is 3.46. The molecule has 0 aliphatic carbocycles. The fraction of sp³-hybridized carbons (Fsp3) is 0.206. The first-order chi connectivity index (χ1) is 20.8. The van der Waals surface area contributed by atoms with Crippen LogP contribution in [0.2, 0.25) is 0 Å². The molecule has 1 aromatic heterocycles. The summed E-state index contributed by atoms with van der Waals surface area (Å²) in [7, 11) is 1.64. The minimum absolute atomic E-state index is 0.0520. The maximum absolute atomic E-state index is 14.8. The molecular formula is C34H32FN3O5. The Bertz CT molecular complexity index is 1780. The molecule has 0 aliphatic rings. The number of carbonyl (C=O) groups is 2. The quantitative estimate of drug-likeness (QED) is 0.179. The van der Waals surface area contributed by atoms with E-state index in [2.05, 4.69) is 11.4 Å². The number of nitrogens with one attached hydrogen (secondary N) is 1. The molecule has 1 unspecified atom stereocenters. The van der Waals surface area contributed by atoms with E-state index in [9.17, 15) is 14.0 Å². The molecule has 0 saturated heterocycles. The summed E-state index contributed by atoms with van der Waals surface area (Å²) in [5.74, 6) is -0.805. The second-order valence-electron chi connectivity index (χ2n) is 10.1. The number of ether oxygens (including phenoxy) is 2. The highest BCUT2D eigenvalue weighted by Gasteiger charge is 2.19. The van der Waals surface area contributed by atoms with E-state index in [4.69, 9.17) is 19.7 Å². The van der Waals surface area contributed by atoms with Gasteiger partial charge < -0.3 is 19.9 Å². The summed E-state index contributed by atoms with van der Waals surface area (Å²) in [6, 6.07) is 25.7. The molecule has 0 spiro atoms. The molecule has 9 heteroatoms. The van der Waals surface area contributed by atoms with Crippen molar-refractivity contribution in [1.29, 1.82) is 0 Å². The van der Waals surface area contributed by atoms with Crippen LogP contribution >= 0.6 is 0 Å². The zero-order chi connectivity index (χ0) is 30.5. The standard InChI is InChI=1S/C34H32FN3O5/c1-4-43-32-14-12-26(19-29(32)35)30-20-31(27-10-9-25-18-28(42-3)13-11-24(25)17-27)38(37-30)21(2)22-5-7-23(8-6-22)34(41)36-16-15-33(39)40/h5-14,17-21H,4,15-16H2,1-3H3,(H,36,41)(H,39,40). The number of hydrogen-bond donors (Lipinski definition) is 2. The number of hydrogen-bond acceptors (Lipinski definition) is 5. The van der Waals surface area contributed by atoms with Crippen molar-refractivity contribution in [3.05, 3.63) is 102 Å². The first-order valence-electron chi connectivity index (χ1n) is 14.0. The van der Waals surface area contributed by atoms with Crippen molar-refractivity contribution in [3.8, 4) is 34.0 Å². The predicted octanol–water partition coefficient (Wildman–Crippen LogP) is 6.73. The molecule has 0 radical (unpaired) electrons. The third-order valence-corrected chi connectivity index (χ3v) is 7.25. The van der Waals surface area contributed by atoms with E-state index in [1.54, 1.807) is 38.3 Å². The van der Waals surface area contributed by atoms with Gasteiger partial charge in [-0.05, 0) is 84.8 Å². The number of benzene rings is 4. The minimum atomic E-state index is -0.974. The largest absolute Gasteiger partial charge is 0.497 e. The molecule has 0 saturated carbocycles. The lowest BCUT2D eigenvalue weighted by Crippen LogP contribution is -2.26. The number of carboxylic acids is 1. The van der Waals surface area contributed by atoms with Crippen molar-refractivity contribution in [2.24, 2.45) is 0 Å². The summed E-state index contributed by atoms with van der Waals surface area (Å²) in [4.78, 5) is 23.2. The molecule has 8 nitrogen and oxygen atoms in total. The number of fused-ring (bicyclic) bond motifs is 1. The summed E-state index contributed by atoms with van der Waals surface area (Å²) in [5, 5.41) is 18.4. The highest BCUT2D eigenvalue weighted by atomic mass is 19.1. The Kier molecular flexibility index (Phi) is 8.71. The number of aromatic nitrogens is 2. The van der Waals surface area contributed by atoms with E-state index in [1.165, 1.54) is 6.07 Å². The Morgan fingerprint density at radius 1 is 0.953 bits per heavy atom. The van der Waals surface area contributed by atoms with E-state index in [0.717, 1.165) is 33.3 Å². The van der Waals surface area contributed by atoms with Crippen LogP contribution in [0.15, 0.2) is 84.9 Å². The second kappa shape index (κ2) is 12.8. The summed E-state index contributed by atoms with van der Waals surface area (Å²) >= 11 is 0. The second-order valence-corrected chi connectivity index (χ2v) is 10.1. The van der Waals surface area contributed by atoms with Gasteiger partial charge in [0.2, 0.25) is 0 Å². The lowest BCUT2D eigenvalue weighted by molar-refractivity contribution is -0.136. The Hall–Kier alpha value is -5.18. The Balaban J connectivity index is 1.52. The van der Waals surface area contributed by atoms with Gasteiger partial charge >= 0.3 is 5.97 Å². The first-order valence-corrected chi connectivity index (χ1v) is 14.0. The zero-order valence-electron chi connectivity index (χ0n) is 24.1. The molecule has 5 aromatic rings. The van der Waals surface area contributed by atoms with Crippen molar-refractivity contribution < 1.29 is 28.6 Å². The van der Waals surface area contributed by atoms with Gasteiger partial charge in [-0.1, -0.05) is 30.3 Å². The molecule has 1 amide bonds. The van der Waals surface area contributed by atoms with Crippen LogP contribution in [-0.2, 0) is 4.79 Å². The molecule has 1 atom stereocenters. The van der Waals surface area contributed by atoms with Crippen LogP contribution in [0, 0.1) is 5.82 Å². The van der Waals surface area contributed by atoms with Gasteiger partial charge in [-0.2, -0.15) is 5.10 Å². The monoisotopic (exact) mass is 581 g/mol. The molecule has 0 bridgehead atoms. The number of halogens is 1. The number of methoxy groups -OCH3 is 1. The zero-order valence-corrected chi connectivity index (χ0v) is 24.1. The fourth-order valence-corrected chi connectivity index (χ4v) is 4.93. The van der Waals surface area contributed by atoms with Gasteiger partial charge in [-0.15, -0.1) is 0 Å². The van der Waals surface area contributed by atoms with Crippen LogP contribution in [0.5, 0.6) is 11.5 Å². The maximum atomic E-state index is 14.8. The van der Waals surface area contributed by atoms with Crippen LogP contribution in [0.4, 0.5) is 4.39 Å². The maximum Gasteiger partial charge on any atom is 0.305 e. The predicted molar refractivity (Wildman–Crippen MR) is 163 cm³/mol. The van der Waals surface area contributed by atoms with Crippen molar-refractivity contribution in [2.75, 3.05) is 20.3 Å². The van der Waals surface area contributed by atoms with Crippen LogP contribution in [-0.4, -0.2) is 47.0 Å². The summed E-state index contributed by atoms with van der Waals surface area (Å²) in [6.07, 6.45) is -0.147. The lowest BCUT2D eigenvalue weighted by atomic mass is 10.0. The fourth-order valence-electron chi connectivity index (χ4n) is 4.93.